The largest absolute Gasteiger partial charge is 0.468 e. The van der Waals surface area contributed by atoms with Gasteiger partial charge in [0.1, 0.15) is 18.1 Å². The molecular formula is C26H24N6O3. The van der Waals surface area contributed by atoms with Gasteiger partial charge < -0.3 is 21.1 Å². The minimum atomic E-state index is -0.445. The van der Waals surface area contributed by atoms with Crippen LogP contribution in [0.1, 0.15) is 27.0 Å². The van der Waals surface area contributed by atoms with Gasteiger partial charge in [-0.25, -0.2) is 4.98 Å². The third kappa shape index (κ3) is 5.13. The van der Waals surface area contributed by atoms with Gasteiger partial charge in [-0.3, -0.25) is 14.0 Å². The van der Waals surface area contributed by atoms with Crippen molar-refractivity contribution in [3.05, 3.63) is 89.1 Å². The number of anilines is 1. The highest BCUT2D eigenvalue weighted by Gasteiger charge is 2.20. The van der Waals surface area contributed by atoms with Crippen molar-refractivity contribution in [1.82, 2.24) is 14.7 Å². The van der Waals surface area contributed by atoms with Crippen molar-refractivity contribution in [2.24, 2.45) is 5.73 Å². The number of nitrogens with two attached hydrogens (primary N) is 1. The van der Waals surface area contributed by atoms with Crippen molar-refractivity contribution < 1.29 is 14.3 Å². The van der Waals surface area contributed by atoms with Crippen molar-refractivity contribution in [2.45, 2.75) is 13.1 Å². The Bertz CT molecular complexity index is 1420. The molecule has 2 heterocycles. The number of aromatic nitrogens is 2. The summed E-state index contributed by atoms with van der Waals surface area (Å²) in [7, 11) is 1.31. The number of hydrogen-bond acceptors (Lipinski definition) is 7. The van der Waals surface area contributed by atoms with Crippen molar-refractivity contribution >= 4 is 23.3 Å². The number of amides is 1. The Morgan fingerprint density at radius 3 is 2.60 bits per heavy atom. The molecule has 35 heavy (non-hydrogen) atoms. The number of methoxy groups -OCH3 is 1. The number of ether oxygens (including phenoxy) is 1. The number of rotatable bonds is 8. The van der Waals surface area contributed by atoms with E-state index in [4.69, 9.17) is 20.7 Å². The standard InChI is InChI=1S/C26H24N6O3/c1-35-22(33)16-29-25-23(20-9-7-17(13-27)8-10-20)31-24-21(6-3-11-32(24)25)26(34)30-15-19-5-2-4-18(12-19)14-28/h2-12,29H,14-16,28H2,1H3,(H,30,34). The molecule has 4 aromatic rings. The lowest BCUT2D eigenvalue weighted by atomic mass is 10.1. The molecule has 0 spiro atoms. The lowest BCUT2D eigenvalue weighted by Gasteiger charge is -2.09. The average Bonchev–Trinajstić information content (AvgIpc) is 3.29. The van der Waals surface area contributed by atoms with E-state index < -0.39 is 5.97 Å². The lowest BCUT2D eigenvalue weighted by molar-refractivity contribution is -0.138. The summed E-state index contributed by atoms with van der Waals surface area (Å²) in [5.41, 5.74) is 10.2. The van der Waals surface area contributed by atoms with Gasteiger partial charge in [0.05, 0.1) is 24.3 Å². The van der Waals surface area contributed by atoms with Crippen LogP contribution in [0.3, 0.4) is 0 Å². The second-order valence-electron chi connectivity index (χ2n) is 7.75. The van der Waals surface area contributed by atoms with E-state index in [0.717, 1.165) is 16.7 Å². The third-order valence-electron chi connectivity index (χ3n) is 5.49. The van der Waals surface area contributed by atoms with Crippen molar-refractivity contribution in [3.8, 4) is 17.3 Å². The summed E-state index contributed by atoms with van der Waals surface area (Å²) in [6.07, 6.45) is 1.76. The fraction of sp³-hybridized carbons (Fsp3) is 0.154. The third-order valence-corrected chi connectivity index (χ3v) is 5.49. The van der Waals surface area contributed by atoms with Gasteiger partial charge in [-0.15, -0.1) is 0 Å². The highest BCUT2D eigenvalue weighted by molar-refractivity contribution is 6.01. The normalized spacial score (nSPS) is 10.5. The summed E-state index contributed by atoms with van der Waals surface area (Å²) in [6.45, 7) is 0.681. The molecular weight excluding hydrogens is 444 g/mol. The van der Waals surface area contributed by atoms with E-state index in [9.17, 15) is 9.59 Å². The van der Waals surface area contributed by atoms with Gasteiger partial charge in [0.2, 0.25) is 0 Å². The molecule has 4 N–H and O–H groups in total. The van der Waals surface area contributed by atoms with Crippen molar-refractivity contribution in [2.75, 3.05) is 19.0 Å². The van der Waals surface area contributed by atoms with Crippen LogP contribution in [0.25, 0.3) is 16.9 Å². The van der Waals surface area contributed by atoms with Crippen molar-refractivity contribution in [1.29, 1.82) is 5.26 Å². The zero-order valence-electron chi connectivity index (χ0n) is 19.1. The maximum Gasteiger partial charge on any atom is 0.325 e. The van der Waals surface area contributed by atoms with Gasteiger partial charge in [0, 0.05) is 24.8 Å². The number of fused-ring (bicyclic) bond motifs is 1. The van der Waals surface area contributed by atoms with E-state index in [-0.39, 0.29) is 12.5 Å². The van der Waals surface area contributed by atoms with Crippen LogP contribution in [0.4, 0.5) is 5.82 Å². The number of hydrogen-bond donors (Lipinski definition) is 3. The monoisotopic (exact) mass is 468 g/mol. The number of carbonyl (C=O) groups excluding carboxylic acids is 2. The number of nitriles is 1. The van der Waals surface area contributed by atoms with E-state index >= 15 is 0 Å². The molecule has 0 bridgehead atoms. The van der Waals surface area contributed by atoms with E-state index in [1.807, 2.05) is 24.3 Å². The van der Waals surface area contributed by atoms with Crippen LogP contribution in [0, 0.1) is 11.3 Å². The molecule has 0 saturated heterocycles. The Morgan fingerprint density at radius 2 is 1.89 bits per heavy atom. The average molecular weight is 469 g/mol. The molecule has 4 rings (SSSR count). The molecule has 2 aromatic carbocycles. The SMILES string of the molecule is COC(=O)CNc1c(-c2ccc(C#N)cc2)nc2c(C(=O)NCc3cccc(CN)c3)cccn12. The summed E-state index contributed by atoms with van der Waals surface area (Å²) in [6, 6.07) is 20.2. The second kappa shape index (κ2) is 10.5. The Hall–Kier alpha value is -4.68. The summed E-state index contributed by atoms with van der Waals surface area (Å²) in [4.78, 5) is 29.6. The number of pyridine rings is 1. The Balaban J connectivity index is 1.70. The maximum atomic E-state index is 13.1. The molecule has 0 aliphatic rings. The Morgan fingerprint density at radius 1 is 1.11 bits per heavy atom. The van der Waals surface area contributed by atoms with E-state index in [0.29, 0.717) is 41.4 Å². The number of nitrogens with zero attached hydrogens (tertiary/aromatic N) is 3. The van der Waals surface area contributed by atoms with Crippen LogP contribution in [0.15, 0.2) is 66.9 Å². The number of nitrogens with one attached hydrogen (secondary N) is 2. The predicted molar refractivity (Wildman–Crippen MR) is 131 cm³/mol. The first-order chi connectivity index (χ1) is 17.0. The van der Waals surface area contributed by atoms with E-state index in [2.05, 4.69) is 16.7 Å². The molecule has 0 atom stereocenters. The molecule has 0 saturated carbocycles. The molecule has 0 aliphatic heterocycles. The van der Waals surface area contributed by atoms with E-state index in [1.54, 1.807) is 47.0 Å². The van der Waals surface area contributed by atoms with Gasteiger partial charge in [-0.2, -0.15) is 5.26 Å². The minimum Gasteiger partial charge on any atom is -0.468 e. The second-order valence-corrected chi connectivity index (χ2v) is 7.75. The van der Waals surface area contributed by atoms with Crippen LogP contribution in [0.2, 0.25) is 0 Å². The topological polar surface area (TPSA) is 135 Å². The van der Waals surface area contributed by atoms with Crippen LogP contribution >= 0.6 is 0 Å². The van der Waals surface area contributed by atoms with Crippen LogP contribution in [-0.2, 0) is 22.6 Å². The zero-order chi connectivity index (χ0) is 24.8. The minimum absolute atomic E-state index is 0.0819. The van der Waals surface area contributed by atoms with Gasteiger partial charge in [-0.05, 0) is 35.4 Å². The molecule has 0 fully saturated rings. The fourth-order valence-corrected chi connectivity index (χ4v) is 3.69. The Labute approximate surface area is 202 Å². The number of imidazole rings is 1. The van der Waals surface area contributed by atoms with E-state index in [1.165, 1.54) is 7.11 Å². The fourth-order valence-electron chi connectivity index (χ4n) is 3.69. The number of esters is 1. The summed E-state index contributed by atoms with van der Waals surface area (Å²) >= 11 is 0. The molecule has 9 heteroatoms. The maximum absolute atomic E-state index is 13.1. The first kappa shape index (κ1) is 23.5. The van der Waals surface area contributed by atoms with Crippen LogP contribution in [0.5, 0.6) is 0 Å². The van der Waals surface area contributed by atoms with Gasteiger partial charge >= 0.3 is 5.97 Å². The first-order valence-electron chi connectivity index (χ1n) is 10.9. The highest BCUT2D eigenvalue weighted by atomic mass is 16.5. The van der Waals surface area contributed by atoms with Crippen LogP contribution in [-0.4, -0.2) is 34.9 Å². The van der Waals surface area contributed by atoms with Gasteiger partial charge in [0.25, 0.3) is 5.91 Å². The van der Waals surface area contributed by atoms with Gasteiger partial charge in [-0.1, -0.05) is 36.4 Å². The molecule has 9 nitrogen and oxygen atoms in total. The van der Waals surface area contributed by atoms with Crippen LogP contribution < -0.4 is 16.4 Å². The molecule has 2 aromatic heterocycles. The molecule has 0 unspecified atom stereocenters. The summed E-state index contributed by atoms with van der Waals surface area (Å²) in [5.74, 6) is -0.204. The number of benzene rings is 2. The molecule has 176 valence electrons. The molecule has 0 aliphatic carbocycles. The summed E-state index contributed by atoms with van der Waals surface area (Å²) in [5, 5.41) is 15.1. The van der Waals surface area contributed by atoms with Crippen molar-refractivity contribution in [3.63, 3.8) is 0 Å². The first-order valence-corrected chi connectivity index (χ1v) is 10.9. The smallest absolute Gasteiger partial charge is 0.325 e. The van der Waals surface area contributed by atoms with Gasteiger partial charge in [0.15, 0.2) is 5.65 Å². The highest BCUT2D eigenvalue weighted by Crippen LogP contribution is 2.30. The zero-order valence-corrected chi connectivity index (χ0v) is 19.1. The lowest BCUT2D eigenvalue weighted by Crippen LogP contribution is -2.23. The summed E-state index contributed by atoms with van der Waals surface area (Å²) < 4.78 is 6.47. The predicted octanol–water partition coefficient (Wildman–Crippen LogP) is 2.85. The quantitative estimate of drug-likeness (QED) is 0.339. The molecule has 0 radical (unpaired) electrons. The molecule has 1 amide bonds. The Kier molecular flexibility index (Phi) is 7.04. The number of carbonyl (C=O) groups is 2.